The highest BCUT2D eigenvalue weighted by atomic mass is 16.5. The highest BCUT2D eigenvalue weighted by Crippen LogP contribution is 2.34. The van der Waals surface area contributed by atoms with E-state index in [0.717, 1.165) is 30.4 Å². The number of cyclic esters (lactones) is 1. The molecule has 2 heterocycles. The van der Waals surface area contributed by atoms with E-state index in [2.05, 4.69) is 0 Å². The number of hydrogen-bond acceptors (Lipinski definition) is 5. The number of carbonyl (C=O) groups is 2. The Morgan fingerprint density at radius 1 is 1.40 bits per heavy atom. The highest BCUT2D eigenvalue weighted by molar-refractivity contribution is 5.99. The Bertz CT molecular complexity index is 649. The van der Waals surface area contributed by atoms with Crippen LogP contribution < -0.4 is 0 Å². The lowest BCUT2D eigenvalue weighted by Crippen LogP contribution is -2.32. The largest absolute Gasteiger partial charge is 0.481 e. The topological polar surface area (TPSA) is 72.8 Å². The van der Waals surface area contributed by atoms with E-state index in [-0.39, 0.29) is 17.9 Å². The van der Waals surface area contributed by atoms with Crippen LogP contribution in [-0.2, 0) is 19.1 Å². The Labute approximate surface area is 149 Å². The Hall–Kier alpha value is -1.88. The molecule has 2 aliphatic rings. The summed E-state index contributed by atoms with van der Waals surface area (Å²) < 4.78 is 10.9. The zero-order valence-corrected chi connectivity index (χ0v) is 15.7. The molecule has 2 rings (SSSR count). The van der Waals surface area contributed by atoms with Crippen LogP contribution in [0.5, 0.6) is 0 Å². The second kappa shape index (κ2) is 7.16. The summed E-state index contributed by atoms with van der Waals surface area (Å²) in [6, 6.07) is 0. The van der Waals surface area contributed by atoms with Crippen LogP contribution in [0.15, 0.2) is 35.1 Å². The predicted octanol–water partition coefficient (Wildman–Crippen LogP) is 3.38. The lowest BCUT2D eigenvalue weighted by molar-refractivity contribution is -0.142. The third kappa shape index (κ3) is 5.05. The summed E-state index contributed by atoms with van der Waals surface area (Å²) in [5.74, 6) is -0.0779. The van der Waals surface area contributed by atoms with E-state index in [1.807, 2.05) is 19.9 Å². The van der Waals surface area contributed by atoms with Gasteiger partial charge in [0.15, 0.2) is 5.60 Å². The number of allylic oxidation sites excluding steroid dienone is 1. The van der Waals surface area contributed by atoms with Crippen molar-refractivity contribution in [2.75, 3.05) is 0 Å². The van der Waals surface area contributed by atoms with E-state index >= 15 is 0 Å². The fraction of sp³-hybridized carbons (Fsp3) is 0.600. The number of ketones is 1. The molecule has 2 atom stereocenters. The smallest absolute Gasteiger partial charge is 0.331 e. The molecule has 5 nitrogen and oxygen atoms in total. The number of rotatable bonds is 6. The van der Waals surface area contributed by atoms with Gasteiger partial charge in [-0.3, -0.25) is 4.79 Å². The minimum Gasteiger partial charge on any atom is -0.481 e. The van der Waals surface area contributed by atoms with Crippen molar-refractivity contribution in [3.63, 3.8) is 0 Å². The number of hydrogen-bond donors (Lipinski definition) is 1. The summed E-state index contributed by atoms with van der Waals surface area (Å²) >= 11 is 0. The lowest BCUT2D eigenvalue weighted by atomic mass is 9.94. The average Bonchev–Trinajstić information content (AvgIpc) is 2.72. The van der Waals surface area contributed by atoms with Crippen molar-refractivity contribution >= 4 is 11.8 Å². The first-order chi connectivity index (χ1) is 11.5. The first-order valence-corrected chi connectivity index (χ1v) is 8.73. The zero-order chi connectivity index (χ0) is 18.8. The van der Waals surface area contributed by atoms with Crippen molar-refractivity contribution in [2.45, 2.75) is 77.6 Å². The van der Waals surface area contributed by atoms with Crippen molar-refractivity contribution in [1.29, 1.82) is 0 Å². The molecule has 0 radical (unpaired) electrons. The van der Waals surface area contributed by atoms with Crippen LogP contribution in [0.1, 0.15) is 60.3 Å². The van der Waals surface area contributed by atoms with Crippen LogP contribution in [0.25, 0.3) is 0 Å². The van der Waals surface area contributed by atoms with E-state index in [4.69, 9.17) is 9.47 Å². The van der Waals surface area contributed by atoms with Gasteiger partial charge in [0.1, 0.15) is 17.5 Å². The number of aliphatic hydroxyl groups is 1. The fourth-order valence-corrected chi connectivity index (χ4v) is 3.04. The molecule has 0 saturated carbocycles. The van der Waals surface area contributed by atoms with E-state index in [9.17, 15) is 14.7 Å². The number of ether oxygens (including phenoxy) is 2. The summed E-state index contributed by atoms with van der Waals surface area (Å²) in [6.45, 7) is 8.98. The van der Waals surface area contributed by atoms with Crippen molar-refractivity contribution < 1.29 is 24.2 Å². The molecule has 5 heteroatoms. The molecule has 1 N–H and O–H groups in total. The molecule has 0 aliphatic carbocycles. The van der Waals surface area contributed by atoms with Gasteiger partial charge in [-0.1, -0.05) is 11.1 Å². The van der Waals surface area contributed by atoms with Crippen LogP contribution in [0, 0.1) is 0 Å². The second-order valence-corrected chi connectivity index (χ2v) is 7.80. The van der Waals surface area contributed by atoms with Gasteiger partial charge < -0.3 is 14.6 Å². The minimum atomic E-state index is -1.17. The maximum absolute atomic E-state index is 11.8. The van der Waals surface area contributed by atoms with Crippen LogP contribution in [0.2, 0.25) is 0 Å². The first kappa shape index (κ1) is 19.4. The van der Waals surface area contributed by atoms with Gasteiger partial charge in [-0.05, 0) is 60.0 Å². The molecular weight excluding hydrogens is 320 g/mol. The summed E-state index contributed by atoms with van der Waals surface area (Å²) in [5.41, 5.74) is 0.0676. The molecular formula is C20H28O5. The highest BCUT2D eigenvalue weighted by Gasteiger charge is 2.41. The Morgan fingerprint density at radius 2 is 2.08 bits per heavy atom. The van der Waals surface area contributed by atoms with E-state index in [1.165, 1.54) is 12.2 Å². The van der Waals surface area contributed by atoms with Crippen molar-refractivity contribution in [3.8, 4) is 0 Å². The van der Waals surface area contributed by atoms with Crippen molar-refractivity contribution in [1.82, 2.24) is 0 Å². The summed E-state index contributed by atoms with van der Waals surface area (Å²) in [6.07, 6.45) is 7.40. The quantitative estimate of drug-likeness (QED) is 0.588. The average molecular weight is 348 g/mol. The molecule has 0 spiro atoms. The molecule has 2 aliphatic heterocycles. The third-order valence-corrected chi connectivity index (χ3v) is 4.61. The monoisotopic (exact) mass is 348 g/mol. The zero-order valence-electron chi connectivity index (χ0n) is 15.7. The van der Waals surface area contributed by atoms with Crippen LogP contribution in [0.3, 0.4) is 0 Å². The fourth-order valence-electron chi connectivity index (χ4n) is 3.04. The summed E-state index contributed by atoms with van der Waals surface area (Å²) in [5, 5.41) is 10.6. The van der Waals surface area contributed by atoms with Gasteiger partial charge in [-0.15, -0.1) is 0 Å². The molecule has 0 saturated heterocycles. The van der Waals surface area contributed by atoms with Gasteiger partial charge in [0.25, 0.3) is 0 Å². The molecule has 138 valence electrons. The van der Waals surface area contributed by atoms with Crippen LogP contribution >= 0.6 is 0 Å². The van der Waals surface area contributed by atoms with Gasteiger partial charge in [0.2, 0.25) is 5.78 Å². The van der Waals surface area contributed by atoms with Gasteiger partial charge in [-0.25, -0.2) is 4.79 Å². The maximum atomic E-state index is 11.8. The Balaban J connectivity index is 1.86. The molecule has 0 bridgehead atoms. The van der Waals surface area contributed by atoms with Gasteiger partial charge in [0, 0.05) is 18.6 Å². The van der Waals surface area contributed by atoms with Crippen molar-refractivity contribution in [2.24, 2.45) is 0 Å². The summed E-state index contributed by atoms with van der Waals surface area (Å²) in [7, 11) is 0. The van der Waals surface area contributed by atoms with Gasteiger partial charge >= 0.3 is 5.97 Å². The first-order valence-electron chi connectivity index (χ1n) is 8.73. The molecule has 0 amide bonds. The lowest BCUT2D eigenvalue weighted by Gasteiger charge is -2.28. The maximum Gasteiger partial charge on any atom is 0.331 e. The molecule has 0 unspecified atom stereocenters. The predicted molar refractivity (Wildman–Crippen MR) is 94.7 cm³/mol. The Kier molecular flexibility index (Phi) is 5.57. The van der Waals surface area contributed by atoms with Gasteiger partial charge in [-0.2, -0.15) is 0 Å². The Morgan fingerprint density at radius 3 is 2.64 bits per heavy atom. The normalized spacial score (nSPS) is 25.7. The second-order valence-electron chi connectivity index (χ2n) is 7.80. The molecule has 0 fully saturated rings. The summed E-state index contributed by atoms with van der Waals surface area (Å²) in [4.78, 5) is 23.3. The van der Waals surface area contributed by atoms with Gasteiger partial charge in [0.05, 0.1) is 0 Å². The van der Waals surface area contributed by atoms with Crippen molar-refractivity contribution in [3.05, 3.63) is 35.1 Å². The molecule has 0 aromatic heterocycles. The van der Waals surface area contributed by atoms with E-state index in [1.54, 1.807) is 20.8 Å². The number of carbonyl (C=O) groups excluding carboxylic acids is 2. The standard InChI is InChI=1S/C20H28O5/c1-13(9-15-10-14(2)11-18(22)24-15)7-6-8-20(5,23)17-12-16(21)19(3,4)25-17/h9,11-12,15,23H,6-8,10H2,1-5H3/b13-9+/t15-,20+/m0/s1. The van der Waals surface area contributed by atoms with Crippen LogP contribution in [0.4, 0.5) is 0 Å². The molecule has 0 aromatic carbocycles. The molecule has 25 heavy (non-hydrogen) atoms. The SMILES string of the molecule is CC1=CC(=O)O[C@@H](/C=C(\C)CCC[C@@](C)(O)C2=CC(=O)C(C)(C)O2)C1. The van der Waals surface area contributed by atoms with Crippen LogP contribution in [-0.4, -0.2) is 34.2 Å². The minimum absolute atomic E-state index is 0.124. The third-order valence-electron chi connectivity index (χ3n) is 4.61. The van der Waals surface area contributed by atoms with E-state index < -0.39 is 11.2 Å². The van der Waals surface area contributed by atoms with E-state index in [0.29, 0.717) is 12.2 Å². The molecule has 0 aromatic rings. The number of esters is 1.